The van der Waals surface area contributed by atoms with Crippen molar-refractivity contribution in [3.8, 4) is 0 Å². The van der Waals surface area contributed by atoms with Crippen LogP contribution in [0.15, 0.2) is 18.7 Å². The highest BCUT2D eigenvalue weighted by Gasteiger charge is 1.91. The zero-order valence-corrected chi connectivity index (χ0v) is 8.20. The minimum absolute atomic E-state index is 0.282. The van der Waals surface area contributed by atoms with E-state index < -0.39 is 11.1 Å². The lowest BCUT2D eigenvalue weighted by atomic mass is 10.2. The van der Waals surface area contributed by atoms with Gasteiger partial charge in [0.1, 0.15) is 0 Å². The van der Waals surface area contributed by atoms with Gasteiger partial charge in [0.2, 0.25) is 0 Å². The number of aryl methyl sites for hydroxylation is 1. The third kappa shape index (κ3) is 4.80. The molecule has 0 fully saturated rings. The summed E-state index contributed by atoms with van der Waals surface area (Å²) < 4.78 is 22.3. The highest BCUT2D eigenvalue weighted by Crippen LogP contribution is 1.99. The molecule has 0 aliphatic carbocycles. The van der Waals surface area contributed by atoms with Crippen LogP contribution >= 0.6 is 0 Å². The monoisotopic (exact) mass is 201 g/mol. The van der Waals surface area contributed by atoms with Gasteiger partial charge in [-0.3, -0.25) is 4.21 Å². The van der Waals surface area contributed by atoms with Gasteiger partial charge in [-0.2, -0.15) is 0 Å². The number of hydrogen-bond acceptors (Lipinski definition) is 3. The van der Waals surface area contributed by atoms with E-state index in [9.17, 15) is 8.76 Å². The van der Waals surface area contributed by atoms with Gasteiger partial charge >= 0.3 is 0 Å². The molecule has 1 atom stereocenters. The zero-order valence-electron chi connectivity index (χ0n) is 7.39. The van der Waals surface area contributed by atoms with Gasteiger partial charge in [0.25, 0.3) is 0 Å². The number of nitrogens with zero attached hydrogens (tertiary/aromatic N) is 2. The molecule has 5 heteroatoms. The third-order valence-electron chi connectivity index (χ3n) is 1.79. The van der Waals surface area contributed by atoms with Crippen molar-refractivity contribution < 1.29 is 8.76 Å². The summed E-state index contributed by atoms with van der Waals surface area (Å²) in [5, 5.41) is 0. The quantitative estimate of drug-likeness (QED) is 0.508. The summed E-state index contributed by atoms with van der Waals surface area (Å²) in [6.45, 7) is 0.922. The Morgan fingerprint density at radius 3 is 2.85 bits per heavy atom. The van der Waals surface area contributed by atoms with Crippen LogP contribution in [-0.2, 0) is 17.6 Å². The molecule has 4 nitrogen and oxygen atoms in total. The van der Waals surface area contributed by atoms with Crippen molar-refractivity contribution in [3.63, 3.8) is 0 Å². The first-order valence-corrected chi connectivity index (χ1v) is 5.55. The fraction of sp³-hybridized carbons (Fsp3) is 0.625. The molecule has 74 valence electrons. The molecule has 0 amide bonds. The Labute approximate surface area is 80.3 Å². The summed E-state index contributed by atoms with van der Waals surface area (Å²) >= 11 is -1.87. The molecule has 0 aliphatic rings. The van der Waals surface area contributed by atoms with E-state index in [1.807, 2.05) is 10.8 Å². The van der Waals surface area contributed by atoms with Gasteiger partial charge in [-0.1, -0.05) is 17.5 Å². The Bertz CT molecular complexity index is 249. The Kier molecular flexibility index (Phi) is 4.70. The molecule has 0 spiro atoms. The van der Waals surface area contributed by atoms with Gasteiger partial charge in [0.05, 0.1) is 6.33 Å². The predicted molar refractivity (Wildman–Crippen MR) is 49.9 cm³/mol. The van der Waals surface area contributed by atoms with Crippen molar-refractivity contribution in [1.29, 1.82) is 0 Å². The minimum Gasteiger partial charge on any atom is -0.772 e. The van der Waals surface area contributed by atoms with Gasteiger partial charge < -0.3 is 9.12 Å². The van der Waals surface area contributed by atoms with Crippen molar-refractivity contribution in [3.05, 3.63) is 18.7 Å². The maximum Gasteiger partial charge on any atom is 0.0945 e. The molecule has 1 rings (SSSR count). The topological polar surface area (TPSA) is 57.9 Å². The van der Waals surface area contributed by atoms with E-state index in [0.29, 0.717) is 0 Å². The molecule has 1 heterocycles. The SMILES string of the molecule is O=S([O-])CCCCCn1ccnc1. The van der Waals surface area contributed by atoms with Crippen molar-refractivity contribution in [2.75, 3.05) is 5.75 Å². The van der Waals surface area contributed by atoms with Gasteiger partial charge in [0.15, 0.2) is 0 Å². The fourth-order valence-electron chi connectivity index (χ4n) is 1.11. The summed E-state index contributed by atoms with van der Waals surface area (Å²) in [5.41, 5.74) is 0. The molecule has 1 unspecified atom stereocenters. The lowest BCUT2D eigenvalue weighted by Gasteiger charge is -2.04. The Balaban J connectivity index is 1.99. The molecule has 1 aromatic heterocycles. The predicted octanol–water partition coefficient (Wildman–Crippen LogP) is 0.932. The molecule has 0 N–H and O–H groups in total. The summed E-state index contributed by atoms with van der Waals surface area (Å²) in [6, 6.07) is 0. The summed E-state index contributed by atoms with van der Waals surface area (Å²) in [7, 11) is 0. The van der Waals surface area contributed by atoms with Crippen LogP contribution in [0.2, 0.25) is 0 Å². The van der Waals surface area contributed by atoms with Gasteiger partial charge in [-0.15, -0.1) is 0 Å². The van der Waals surface area contributed by atoms with Crippen molar-refractivity contribution >= 4 is 11.1 Å². The second-order valence-electron chi connectivity index (χ2n) is 2.87. The maximum atomic E-state index is 10.2. The van der Waals surface area contributed by atoms with Gasteiger partial charge in [-0.05, 0) is 12.8 Å². The van der Waals surface area contributed by atoms with E-state index in [2.05, 4.69) is 4.98 Å². The standard InChI is InChI=1S/C8H14N2O2S/c11-13(12)7-3-1-2-5-10-6-4-9-8-10/h4,6,8H,1-3,5,7H2,(H,11,12)/p-1. The molecular formula is C8H13N2O2S-. The van der Waals surface area contributed by atoms with Crippen molar-refractivity contribution in [2.24, 2.45) is 0 Å². The maximum absolute atomic E-state index is 10.2. The number of rotatable bonds is 6. The molecule has 13 heavy (non-hydrogen) atoms. The third-order valence-corrected chi connectivity index (χ3v) is 2.41. The van der Waals surface area contributed by atoms with Gasteiger partial charge in [0, 0.05) is 24.7 Å². The van der Waals surface area contributed by atoms with E-state index in [0.717, 1.165) is 25.8 Å². The Hall–Kier alpha value is -0.680. The first kappa shape index (κ1) is 10.4. The highest BCUT2D eigenvalue weighted by atomic mass is 32.2. The fourth-order valence-corrected chi connectivity index (χ4v) is 1.55. The first-order valence-electron chi connectivity index (χ1n) is 4.30. The average molecular weight is 201 g/mol. The van der Waals surface area contributed by atoms with Crippen LogP contribution in [0.1, 0.15) is 19.3 Å². The van der Waals surface area contributed by atoms with Crippen LogP contribution in [0.4, 0.5) is 0 Å². The normalized spacial score (nSPS) is 13.0. The molecule has 0 aromatic carbocycles. The molecule has 0 aliphatic heterocycles. The molecular weight excluding hydrogens is 188 g/mol. The molecule has 0 saturated carbocycles. The van der Waals surface area contributed by atoms with Crippen LogP contribution < -0.4 is 0 Å². The minimum atomic E-state index is -1.87. The first-order chi connectivity index (χ1) is 6.29. The largest absolute Gasteiger partial charge is 0.772 e. The van der Waals surface area contributed by atoms with Gasteiger partial charge in [-0.25, -0.2) is 4.98 Å². The highest BCUT2D eigenvalue weighted by molar-refractivity contribution is 7.79. The Morgan fingerprint density at radius 2 is 2.23 bits per heavy atom. The van der Waals surface area contributed by atoms with E-state index in [1.165, 1.54) is 0 Å². The second-order valence-corrected chi connectivity index (χ2v) is 3.88. The molecule has 0 saturated heterocycles. The van der Waals surface area contributed by atoms with Crippen LogP contribution in [-0.4, -0.2) is 24.1 Å². The lowest BCUT2D eigenvalue weighted by molar-refractivity contribution is 0.530. The molecule has 1 aromatic rings. The molecule has 0 radical (unpaired) electrons. The second kappa shape index (κ2) is 5.88. The number of aromatic nitrogens is 2. The van der Waals surface area contributed by atoms with Crippen LogP contribution in [0.3, 0.4) is 0 Å². The van der Waals surface area contributed by atoms with Crippen LogP contribution in [0.25, 0.3) is 0 Å². The van der Waals surface area contributed by atoms with Crippen LogP contribution in [0, 0.1) is 0 Å². The Morgan fingerprint density at radius 1 is 1.38 bits per heavy atom. The van der Waals surface area contributed by atoms with E-state index in [-0.39, 0.29) is 5.75 Å². The van der Waals surface area contributed by atoms with E-state index in [1.54, 1.807) is 12.5 Å². The number of imidazole rings is 1. The average Bonchev–Trinajstić information content (AvgIpc) is 2.55. The molecule has 0 bridgehead atoms. The zero-order chi connectivity index (χ0) is 9.52. The number of hydrogen-bond donors (Lipinski definition) is 0. The smallest absolute Gasteiger partial charge is 0.0945 e. The van der Waals surface area contributed by atoms with Crippen molar-refractivity contribution in [1.82, 2.24) is 9.55 Å². The van der Waals surface area contributed by atoms with E-state index in [4.69, 9.17) is 0 Å². The summed E-state index contributed by atoms with van der Waals surface area (Å²) in [6.07, 6.45) is 8.13. The van der Waals surface area contributed by atoms with E-state index >= 15 is 0 Å². The van der Waals surface area contributed by atoms with Crippen molar-refractivity contribution in [2.45, 2.75) is 25.8 Å². The number of unbranched alkanes of at least 4 members (excludes halogenated alkanes) is 2. The lowest BCUT2D eigenvalue weighted by Crippen LogP contribution is -1.98. The van der Waals surface area contributed by atoms with Crippen LogP contribution in [0.5, 0.6) is 0 Å². The summed E-state index contributed by atoms with van der Waals surface area (Å²) in [4.78, 5) is 3.91. The summed E-state index contributed by atoms with van der Waals surface area (Å²) in [5.74, 6) is 0.282.